The molecule has 0 unspecified atom stereocenters. The van der Waals surface area contributed by atoms with E-state index in [1.807, 2.05) is 0 Å². The molecule has 92 heavy (non-hydrogen) atoms. The molecule has 0 radical (unpaired) electrons. The Balaban J connectivity index is 1.36. The Bertz CT molecular complexity index is 2260. The van der Waals surface area contributed by atoms with E-state index in [-0.39, 0.29) is 59.0 Å². The van der Waals surface area contributed by atoms with Crippen LogP contribution in [0.25, 0.3) is 0 Å². The summed E-state index contributed by atoms with van der Waals surface area (Å²) in [4.78, 5) is 84.9. The zero-order chi connectivity index (χ0) is 67.6. The minimum atomic E-state index is -1.79. The lowest BCUT2D eigenvalue weighted by molar-refractivity contribution is -0.300. The van der Waals surface area contributed by atoms with Gasteiger partial charge >= 0.3 is 5.97 Å². The molecule has 5 amide bonds. The zero-order valence-corrected chi connectivity index (χ0v) is 50.0. The maximum absolute atomic E-state index is 14.6. The van der Waals surface area contributed by atoms with Gasteiger partial charge in [-0.3, -0.25) is 38.6 Å². The summed E-state index contributed by atoms with van der Waals surface area (Å²) in [6.45, 7) is -9.72. The molecule has 0 spiro atoms. The summed E-state index contributed by atoms with van der Waals surface area (Å²) in [6, 6.07) is 7.04. The number of ether oxygens (including phenoxy) is 9. The Labute approximate surface area is 526 Å². The van der Waals surface area contributed by atoms with Crippen LogP contribution in [0.3, 0.4) is 0 Å². The highest BCUT2D eigenvalue weighted by atomic mass is 16.7. The molecule has 21 atom stereocenters. The van der Waals surface area contributed by atoms with Gasteiger partial charge in [-0.2, -0.15) is 0 Å². The summed E-state index contributed by atoms with van der Waals surface area (Å²) in [5.41, 5.74) is 0.660. The molecular weight excluding hydrogens is 1240 g/mol. The van der Waals surface area contributed by atoms with E-state index in [4.69, 9.17) is 42.6 Å². The number of rotatable bonds is 38. The van der Waals surface area contributed by atoms with Crippen molar-refractivity contribution in [1.82, 2.24) is 36.4 Å². The van der Waals surface area contributed by atoms with Crippen LogP contribution in [0.1, 0.15) is 18.4 Å². The monoisotopic (exact) mass is 1330 g/mol. The Morgan fingerprint density at radius 1 is 0.424 bits per heavy atom. The van der Waals surface area contributed by atoms with E-state index in [1.54, 1.807) is 30.3 Å². The Morgan fingerprint density at radius 3 is 1.08 bits per heavy atom. The highest BCUT2D eigenvalue weighted by Crippen LogP contribution is 2.25. The van der Waals surface area contributed by atoms with Gasteiger partial charge < -0.3 is 151 Å². The number of amides is 5. The first-order chi connectivity index (χ1) is 43.9. The van der Waals surface area contributed by atoms with Gasteiger partial charge in [0.25, 0.3) is 0 Å². The van der Waals surface area contributed by atoms with Crippen molar-refractivity contribution >= 4 is 35.5 Å². The van der Waals surface area contributed by atoms with Crippen LogP contribution in [0.15, 0.2) is 30.3 Å². The molecule has 4 aliphatic rings. The van der Waals surface area contributed by atoms with Crippen molar-refractivity contribution in [2.75, 3.05) is 118 Å². The average molecular weight is 1330 g/mol. The third-order valence-electron chi connectivity index (χ3n) is 15.0. The van der Waals surface area contributed by atoms with Gasteiger partial charge in [-0.1, -0.05) is 30.3 Å². The van der Waals surface area contributed by atoms with E-state index < -0.39 is 243 Å². The Morgan fingerprint density at radius 2 is 0.750 bits per heavy atom. The van der Waals surface area contributed by atoms with E-state index in [0.717, 1.165) is 4.90 Å². The molecule has 1 aromatic rings. The molecule has 0 aromatic heterocycles. The topological polar surface area (TPSA) is 576 Å². The number of benzene rings is 1. The zero-order valence-electron chi connectivity index (χ0n) is 50.0. The highest BCUT2D eigenvalue weighted by molar-refractivity contribution is 5.86. The van der Waals surface area contributed by atoms with E-state index >= 15 is 0 Å². The fourth-order valence-electron chi connectivity index (χ4n) is 9.77. The fourth-order valence-corrected chi connectivity index (χ4v) is 9.77. The molecule has 4 fully saturated rings. The van der Waals surface area contributed by atoms with Gasteiger partial charge in [-0.25, -0.2) is 0 Å². The van der Waals surface area contributed by atoms with Gasteiger partial charge in [0.05, 0.1) is 91.5 Å². The van der Waals surface area contributed by atoms with Crippen LogP contribution in [-0.2, 0) is 78.0 Å². The second kappa shape index (κ2) is 39.8. The van der Waals surface area contributed by atoms with Gasteiger partial charge in [0.2, 0.25) is 29.5 Å². The lowest BCUT2D eigenvalue weighted by Crippen LogP contribution is -2.59. The van der Waals surface area contributed by atoms with Crippen LogP contribution in [0.4, 0.5) is 0 Å². The van der Waals surface area contributed by atoms with Crippen LogP contribution >= 0.6 is 0 Å². The molecule has 4 aliphatic heterocycles. The Kier molecular flexibility index (Phi) is 33.6. The highest BCUT2D eigenvalue weighted by Gasteiger charge is 2.47. The number of aliphatic hydroxyl groups excluding tert-OH is 16. The third-order valence-corrected chi connectivity index (χ3v) is 15.0. The molecule has 0 saturated carbocycles. The number of hydrogen-bond acceptors (Lipinski definition) is 33. The second-order valence-corrected chi connectivity index (χ2v) is 21.8. The minimum absolute atomic E-state index is 0.108. The summed E-state index contributed by atoms with van der Waals surface area (Å²) < 4.78 is 48.6. The first kappa shape index (κ1) is 77.7. The van der Waals surface area contributed by atoms with E-state index in [9.17, 15) is 110 Å². The summed E-state index contributed by atoms with van der Waals surface area (Å²) in [5.74, 6) is -4.99. The summed E-state index contributed by atoms with van der Waals surface area (Å²) in [5, 5.41) is 174. The first-order valence-electron chi connectivity index (χ1n) is 29.6. The van der Waals surface area contributed by atoms with Crippen molar-refractivity contribution in [3.8, 4) is 0 Å². The van der Waals surface area contributed by atoms with Crippen molar-refractivity contribution in [1.29, 1.82) is 0 Å². The molecule has 0 bridgehead atoms. The first-order valence-corrected chi connectivity index (χ1v) is 29.6. The number of aliphatic hydroxyl groups is 16. The van der Waals surface area contributed by atoms with Crippen LogP contribution in [-0.4, -0.2) is 374 Å². The molecular formula is C54H89N7O31. The predicted octanol–water partition coefficient (Wildman–Crippen LogP) is -13.7. The second-order valence-electron chi connectivity index (χ2n) is 21.8. The summed E-state index contributed by atoms with van der Waals surface area (Å²) in [6.07, 6.45) is -33.4. The average Bonchev–Trinajstić information content (AvgIpc) is 1.00. The maximum atomic E-state index is 14.6. The lowest BCUT2D eigenvalue weighted by atomic mass is 9.99. The van der Waals surface area contributed by atoms with Crippen LogP contribution in [0, 0.1) is 0 Å². The van der Waals surface area contributed by atoms with Crippen molar-refractivity contribution in [3.63, 3.8) is 0 Å². The van der Waals surface area contributed by atoms with Crippen molar-refractivity contribution < 1.29 is 153 Å². The Hall–Kier alpha value is -5.00. The smallest absolute Gasteiger partial charge is 0.307 e. The number of nitrogens with one attached hydrogen (secondary N) is 5. The standard InChI is InChI=1S/C54H89N7O31/c62-22-29-38(71)42(75)46(79)51(89-29)84-14-9-55-33(66)18-60(19-34(67)56-10-15-85-52-47(80)43(76)39(72)30(23-63)90-52)13-7-28(50(83)59-8-6-37(70)88-26-27-4-2-1-3-5-27)61(20-35(68)57-11-16-86-53-48(81)44(77)40(73)31(24-64)91-53)21-36(69)58-12-17-87-54-49(82)45(78)41(74)32(25-65)92-54/h1-5,28-32,38-49,51-54,62-65,71-82H,6-26H2,(H,55,66)(H,56,67)(H,57,68)(H,58,69)(H,59,83)/t28-,29-,30-,31-,32-,38-,39-,40-,41-,42+,43+,44+,45+,46+,47+,48+,49+,51+,52+,53+,54+/m1/s1. The number of nitrogens with zero attached hydrogens (tertiary/aromatic N) is 2. The fraction of sp³-hybridized carbons (Fsp3) is 0.778. The minimum Gasteiger partial charge on any atom is -0.461 e. The van der Waals surface area contributed by atoms with Gasteiger partial charge in [-0.15, -0.1) is 0 Å². The normalized spacial score (nSPS) is 31.9. The molecule has 5 rings (SSSR count). The third kappa shape index (κ3) is 23.7. The largest absolute Gasteiger partial charge is 0.461 e. The van der Waals surface area contributed by atoms with Gasteiger partial charge in [-0.05, 0) is 12.0 Å². The van der Waals surface area contributed by atoms with Crippen molar-refractivity contribution in [2.24, 2.45) is 0 Å². The van der Waals surface area contributed by atoms with Crippen LogP contribution in [0.5, 0.6) is 0 Å². The quantitative estimate of drug-likeness (QED) is 0.0216. The predicted molar refractivity (Wildman–Crippen MR) is 301 cm³/mol. The molecule has 526 valence electrons. The van der Waals surface area contributed by atoms with Crippen molar-refractivity contribution in [3.05, 3.63) is 35.9 Å². The van der Waals surface area contributed by atoms with Gasteiger partial charge in [0.15, 0.2) is 25.2 Å². The molecule has 0 aliphatic carbocycles. The molecule has 4 heterocycles. The molecule has 38 nitrogen and oxygen atoms in total. The van der Waals surface area contributed by atoms with E-state index in [0.29, 0.717) is 5.56 Å². The summed E-state index contributed by atoms with van der Waals surface area (Å²) >= 11 is 0. The lowest BCUT2D eigenvalue weighted by Gasteiger charge is -2.39. The van der Waals surface area contributed by atoms with Crippen LogP contribution in [0.2, 0.25) is 0 Å². The van der Waals surface area contributed by atoms with Gasteiger partial charge in [0, 0.05) is 39.3 Å². The van der Waals surface area contributed by atoms with E-state index in [1.165, 1.54) is 4.90 Å². The molecule has 1 aromatic carbocycles. The van der Waals surface area contributed by atoms with E-state index in [2.05, 4.69) is 26.6 Å². The van der Waals surface area contributed by atoms with Gasteiger partial charge in [0.1, 0.15) is 104 Å². The molecule has 21 N–H and O–H groups in total. The van der Waals surface area contributed by atoms with Crippen LogP contribution < -0.4 is 26.6 Å². The number of esters is 1. The SMILES string of the molecule is O=C(CN(CC[C@H](C(=O)NCCC(=O)OCc1ccccc1)N(CC(=O)NCCO[C@H]1O[C@H](CO)[C@@H](O)[C@H](O)[C@@H]1O)CC(=O)NCCO[C@H]1O[C@H](CO)[C@@H](O)[C@H](O)[C@@H]1O)CC(=O)NCCO[C@H]1O[C@H](CO)[C@@H](O)[C@H](O)[C@@H]1O)NCCO[C@H]1O[C@H](CO)[C@@H](O)[C@H](O)[C@@H]1O. The number of carbonyl (C=O) groups excluding carboxylic acids is 6. The van der Waals surface area contributed by atoms with Crippen molar-refractivity contribution in [2.45, 2.75) is 148 Å². The maximum Gasteiger partial charge on any atom is 0.307 e. The summed E-state index contributed by atoms with van der Waals surface area (Å²) in [7, 11) is 0. The number of hydrogen-bond donors (Lipinski definition) is 21. The molecule has 4 saturated heterocycles. The molecule has 38 heteroatoms. The number of carbonyl (C=O) groups is 6.